The summed E-state index contributed by atoms with van der Waals surface area (Å²) in [6, 6.07) is 7.52. The molecule has 1 N–H and O–H groups in total. The molecule has 3 aromatic rings. The van der Waals surface area contributed by atoms with E-state index in [0.29, 0.717) is 5.02 Å². The van der Waals surface area contributed by atoms with Gasteiger partial charge in [0.1, 0.15) is 12.1 Å². The lowest BCUT2D eigenvalue weighted by Crippen LogP contribution is -2.26. The monoisotopic (exact) mass is 301 g/mol. The van der Waals surface area contributed by atoms with Crippen LogP contribution in [0.15, 0.2) is 36.8 Å². The summed E-state index contributed by atoms with van der Waals surface area (Å²) in [7, 11) is 0. The van der Waals surface area contributed by atoms with Crippen LogP contribution in [0, 0.1) is 0 Å². The number of hydrogen-bond acceptors (Lipinski definition) is 4. The minimum atomic E-state index is -0.0839. The van der Waals surface area contributed by atoms with Gasteiger partial charge in [0.2, 0.25) is 0 Å². The number of nitrogens with one attached hydrogen (secondary N) is 1. The summed E-state index contributed by atoms with van der Waals surface area (Å²) in [4.78, 5) is 8.66. The van der Waals surface area contributed by atoms with Crippen molar-refractivity contribution in [2.24, 2.45) is 0 Å². The molecule has 2 heterocycles. The van der Waals surface area contributed by atoms with Crippen LogP contribution in [0.5, 0.6) is 0 Å². The number of rotatable bonds is 2. The van der Waals surface area contributed by atoms with Crippen LogP contribution in [0.2, 0.25) is 5.02 Å². The van der Waals surface area contributed by atoms with Crippen molar-refractivity contribution in [2.45, 2.75) is 26.3 Å². The van der Waals surface area contributed by atoms with E-state index in [1.54, 1.807) is 17.2 Å². The molecule has 0 saturated heterocycles. The first-order valence-corrected chi connectivity index (χ1v) is 7.05. The smallest absolute Gasteiger partial charge is 0.168 e. The van der Waals surface area contributed by atoms with Crippen LogP contribution < -0.4 is 5.32 Å². The van der Waals surface area contributed by atoms with Crippen molar-refractivity contribution < 1.29 is 0 Å². The number of hydrogen-bond donors (Lipinski definition) is 1. The van der Waals surface area contributed by atoms with Crippen molar-refractivity contribution in [3.63, 3.8) is 0 Å². The zero-order valence-corrected chi connectivity index (χ0v) is 12.9. The van der Waals surface area contributed by atoms with Crippen LogP contribution in [-0.4, -0.2) is 25.3 Å². The van der Waals surface area contributed by atoms with E-state index in [-0.39, 0.29) is 5.54 Å². The first-order valence-electron chi connectivity index (χ1n) is 6.67. The SMILES string of the molecule is CC(C)(C)Nc1ncnc2c1cnn2-c1cccc(Cl)c1. The Kier molecular flexibility index (Phi) is 3.29. The van der Waals surface area contributed by atoms with E-state index in [1.807, 2.05) is 24.3 Å². The Hall–Kier alpha value is -2.14. The van der Waals surface area contributed by atoms with Crippen LogP contribution in [0.1, 0.15) is 20.8 Å². The predicted molar refractivity (Wildman–Crippen MR) is 85.0 cm³/mol. The molecule has 0 radical (unpaired) electrons. The molecule has 0 atom stereocenters. The van der Waals surface area contributed by atoms with Gasteiger partial charge in [-0.05, 0) is 39.0 Å². The summed E-state index contributed by atoms with van der Waals surface area (Å²) < 4.78 is 1.76. The van der Waals surface area contributed by atoms with Gasteiger partial charge in [0.25, 0.3) is 0 Å². The van der Waals surface area contributed by atoms with Gasteiger partial charge in [0.05, 0.1) is 17.3 Å². The molecule has 0 aliphatic heterocycles. The Morgan fingerprint density at radius 1 is 1.19 bits per heavy atom. The highest BCUT2D eigenvalue weighted by Gasteiger charge is 2.16. The standard InChI is InChI=1S/C15H16ClN5/c1-15(2,3)20-13-12-8-19-21(14(12)18-9-17-13)11-6-4-5-10(16)7-11/h4-9H,1-3H3,(H,17,18,20). The highest BCUT2D eigenvalue weighted by Crippen LogP contribution is 2.24. The molecule has 0 amide bonds. The fourth-order valence-electron chi connectivity index (χ4n) is 2.10. The van der Waals surface area contributed by atoms with Gasteiger partial charge in [-0.1, -0.05) is 17.7 Å². The van der Waals surface area contributed by atoms with E-state index in [4.69, 9.17) is 11.6 Å². The molecule has 6 heteroatoms. The molecular weight excluding hydrogens is 286 g/mol. The molecule has 3 rings (SSSR count). The van der Waals surface area contributed by atoms with Crippen LogP contribution in [0.4, 0.5) is 5.82 Å². The zero-order valence-electron chi connectivity index (χ0n) is 12.1. The molecule has 0 spiro atoms. The van der Waals surface area contributed by atoms with E-state index in [1.165, 1.54) is 0 Å². The molecule has 1 aromatic carbocycles. The van der Waals surface area contributed by atoms with Crippen molar-refractivity contribution in [3.8, 4) is 5.69 Å². The van der Waals surface area contributed by atoms with Crippen molar-refractivity contribution in [1.82, 2.24) is 19.7 Å². The Morgan fingerprint density at radius 3 is 2.71 bits per heavy atom. The minimum Gasteiger partial charge on any atom is -0.365 e. The third-order valence-electron chi connectivity index (χ3n) is 2.91. The molecule has 0 aliphatic carbocycles. The molecule has 108 valence electrons. The lowest BCUT2D eigenvalue weighted by atomic mass is 10.1. The quantitative estimate of drug-likeness (QED) is 0.784. The average molecular weight is 302 g/mol. The van der Waals surface area contributed by atoms with E-state index >= 15 is 0 Å². The summed E-state index contributed by atoms with van der Waals surface area (Å²) in [6.45, 7) is 6.26. The molecule has 0 saturated carbocycles. The largest absolute Gasteiger partial charge is 0.365 e. The fourth-order valence-corrected chi connectivity index (χ4v) is 2.28. The molecule has 2 aromatic heterocycles. The second-order valence-corrected chi connectivity index (χ2v) is 6.31. The van der Waals surface area contributed by atoms with Gasteiger partial charge < -0.3 is 5.32 Å². The van der Waals surface area contributed by atoms with Gasteiger partial charge >= 0.3 is 0 Å². The Morgan fingerprint density at radius 2 is 2.00 bits per heavy atom. The van der Waals surface area contributed by atoms with Gasteiger partial charge in [-0.2, -0.15) is 5.10 Å². The first kappa shape index (κ1) is 13.8. The van der Waals surface area contributed by atoms with E-state index in [2.05, 4.69) is 41.2 Å². The van der Waals surface area contributed by atoms with E-state index in [0.717, 1.165) is 22.5 Å². The van der Waals surface area contributed by atoms with Gasteiger partial charge in [0, 0.05) is 10.6 Å². The fraction of sp³-hybridized carbons (Fsp3) is 0.267. The Labute approximate surface area is 128 Å². The highest BCUT2D eigenvalue weighted by atomic mass is 35.5. The van der Waals surface area contributed by atoms with Crippen molar-refractivity contribution >= 4 is 28.5 Å². The number of fused-ring (bicyclic) bond motifs is 1. The number of anilines is 1. The Bertz CT molecular complexity index is 788. The summed E-state index contributed by atoms with van der Waals surface area (Å²) in [6.07, 6.45) is 3.31. The van der Waals surface area contributed by atoms with E-state index < -0.39 is 0 Å². The highest BCUT2D eigenvalue weighted by molar-refractivity contribution is 6.30. The minimum absolute atomic E-state index is 0.0839. The topological polar surface area (TPSA) is 55.6 Å². The van der Waals surface area contributed by atoms with Gasteiger partial charge in [-0.25, -0.2) is 14.6 Å². The zero-order chi connectivity index (χ0) is 15.0. The lowest BCUT2D eigenvalue weighted by molar-refractivity contribution is 0.631. The van der Waals surface area contributed by atoms with Crippen LogP contribution in [0.3, 0.4) is 0 Å². The van der Waals surface area contributed by atoms with Crippen molar-refractivity contribution in [3.05, 3.63) is 41.8 Å². The number of halogens is 1. The van der Waals surface area contributed by atoms with Gasteiger partial charge in [0.15, 0.2) is 5.65 Å². The number of nitrogens with zero attached hydrogens (tertiary/aromatic N) is 4. The Balaban J connectivity index is 2.13. The van der Waals surface area contributed by atoms with Gasteiger partial charge in [-0.3, -0.25) is 0 Å². The summed E-state index contributed by atoms with van der Waals surface area (Å²) in [5.41, 5.74) is 1.54. The molecule has 0 bridgehead atoms. The van der Waals surface area contributed by atoms with Crippen molar-refractivity contribution in [1.29, 1.82) is 0 Å². The first-order chi connectivity index (χ1) is 9.94. The van der Waals surface area contributed by atoms with Crippen LogP contribution in [-0.2, 0) is 0 Å². The summed E-state index contributed by atoms with van der Waals surface area (Å²) in [5, 5.41) is 9.33. The molecule has 0 aliphatic rings. The summed E-state index contributed by atoms with van der Waals surface area (Å²) >= 11 is 6.05. The average Bonchev–Trinajstić information content (AvgIpc) is 2.82. The van der Waals surface area contributed by atoms with Crippen LogP contribution >= 0.6 is 11.6 Å². The third kappa shape index (κ3) is 2.83. The third-order valence-corrected chi connectivity index (χ3v) is 3.15. The molecular formula is C15H16ClN5. The molecule has 0 fully saturated rings. The maximum absolute atomic E-state index is 6.05. The van der Waals surface area contributed by atoms with Gasteiger partial charge in [-0.15, -0.1) is 0 Å². The molecule has 0 unspecified atom stereocenters. The second kappa shape index (κ2) is 5.00. The number of aromatic nitrogens is 4. The normalized spacial score (nSPS) is 11.8. The van der Waals surface area contributed by atoms with Crippen molar-refractivity contribution in [2.75, 3.05) is 5.32 Å². The van der Waals surface area contributed by atoms with Crippen LogP contribution in [0.25, 0.3) is 16.7 Å². The molecule has 5 nitrogen and oxygen atoms in total. The van der Waals surface area contributed by atoms with E-state index in [9.17, 15) is 0 Å². The summed E-state index contributed by atoms with van der Waals surface area (Å²) in [5.74, 6) is 0.778. The predicted octanol–water partition coefficient (Wildman–Crippen LogP) is 3.68. The molecule has 21 heavy (non-hydrogen) atoms. The lowest BCUT2D eigenvalue weighted by Gasteiger charge is -2.21. The maximum atomic E-state index is 6.05. The second-order valence-electron chi connectivity index (χ2n) is 5.87. The maximum Gasteiger partial charge on any atom is 0.168 e. The number of benzene rings is 1.